The Labute approximate surface area is 197 Å². The molecule has 1 N–H and O–H groups in total. The summed E-state index contributed by atoms with van der Waals surface area (Å²) in [6.45, 7) is 1.71. The van der Waals surface area contributed by atoms with Crippen molar-refractivity contribution in [1.29, 1.82) is 0 Å². The molecular weight excluding hydrogens is 454 g/mol. The molecule has 1 atom stereocenters. The first-order valence-electron chi connectivity index (χ1n) is 10.8. The second-order valence-corrected chi connectivity index (χ2v) is 8.76. The first-order chi connectivity index (χ1) is 15.4. The van der Waals surface area contributed by atoms with Gasteiger partial charge in [0.05, 0.1) is 0 Å². The predicted molar refractivity (Wildman–Crippen MR) is 123 cm³/mol. The lowest BCUT2D eigenvalue weighted by atomic mass is 10.1. The second kappa shape index (κ2) is 11.5. The van der Waals surface area contributed by atoms with Gasteiger partial charge in [-0.25, -0.2) is 4.39 Å². The van der Waals surface area contributed by atoms with Gasteiger partial charge < -0.3 is 15.0 Å². The van der Waals surface area contributed by atoms with Gasteiger partial charge in [0, 0.05) is 22.6 Å². The molecule has 0 aliphatic heterocycles. The van der Waals surface area contributed by atoms with Gasteiger partial charge in [0.1, 0.15) is 17.6 Å². The fraction of sp³-hybridized carbons (Fsp3) is 0.417. The van der Waals surface area contributed by atoms with Crippen LogP contribution in [0.5, 0.6) is 5.75 Å². The average molecular weight is 481 g/mol. The monoisotopic (exact) mass is 480 g/mol. The van der Waals surface area contributed by atoms with Crippen LogP contribution in [0.2, 0.25) is 10.0 Å². The van der Waals surface area contributed by atoms with Crippen LogP contribution in [0, 0.1) is 5.82 Å². The van der Waals surface area contributed by atoms with Crippen molar-refractivity contribution in [1.82, 2.24) is 10.2 Å². The Bertz CT molecular complexity index is 933. The number of nitrogens with zero attached hydrogens (tertiary/aromatic N) is 1. The Balaban J connectivity index is 1.78. The summed E-state index contributed by atoms with van der Waals surface area (Å²) in [5.74, 6) is -0.571. The van der Waals surface area contributed by atoms with Crippen molar-refractivity contribution in [2.75, 3.05) is 6.61 Å². The molecule has 8 heteroatoms. The van der Waals surface area contributed by atoms with Crippen LogP contribution < -0.4 is 10.1 Å². The van der Waals surface area contributed by atoms with Gasteiger partial charge in [0.25, 0.3) is 5.91 Å². The molecule has 0 unspecified atom stereocenters. The zero-order valence-corrected chi connectivity index (χ0v) is 19.5. The largest absolute Gasteiger partial charge is 0.484 e. The number of hydrogen-bond donors (Lipinski definition) is 1. The van der Waals surface area contributed by atoms with Crippen molar-refractivity contribution in [2.24, 2.45) is 0 Å². The third-order valence-electron chi connectivity index (χ3n) is 5.62. The van der Waals surface area contributed by atoms with Gasteiger partial charge in [-0.05, 0) is 61.2 Å². The Hall–Kier alpha value is -2.31. The quantitative estimate of drug-likeness (QED) is 0.524. The van der Waals surface area contributed by atoms with Gasteiger partial charge in [-0.15, -0.1) is 0 Å². The molecule has 2 amide bonds. The maximum Gasteiger partial charge on any atom is 0.261 e. The summed E-state index contributed by atoms with van der Waals surface area (Å²) in [5.41, 5.74) is 0.679. The molecule has 2 aromatic carbocycles. The number of amides is 2. The number of ether oxygens (including phenoxy) is 1. The van der Waals surface area contributed by atoms with Crippen molar-refractivity contribution in [3.8, 4) is 5.75 Å². The highest BCUT2D eigenvalue weighted by molar-refractivity contribution is 6.35. The first-order valence-corrected chi connectivity index (χ1v) is 11.5. The third kappa shape index (κ3) is 6.59. The molecule has 172 valence electrons. The molecule has 32 heavy (non-hydrogen) atoms. The highest BCUT2D eigenvalue weighted by atomic mass is 35.5. The van der Waals surface area contributed by atoms with E-state index < -0.39 is 11.9 Å². The van der Waals surface area contributed by atoms with Crippen LogP contribution in [0.3, 0.4) is 0 Å². The summed E-state index contributed by atoms with van der Waals surface area (Å²) >= 11 is 12.3. The highest BCUT2D eigenvalue weighted by Gasteiger charge is 2.31. The standard InChI is InChI=1S/C24H27Cl2FN2O3/c1-2-22(24(31)28-19-5-3-4-6-19)29(14-16-7-8-17(25)13-21(16)26)23(30)15-32-20-11-9-18(27)10-12-20/h7-13,19,22H,2-6,14-15H2,1H3,(H,28,31)/t22-/m0/s1. The minimum absolute atomic E-state index is 0.137. The fourth-order valence-electron chi connectivity index (χ4n) is 3.88. The van der Waals surface area contributed by atoms with E-state index in [0.717, 1.165) is 25.7 Å². The number of halogens is 3. The molecule has 0 bridgehead atoms. The van der Waals surface area contributed by atoms with Crippen LogP contribution in [-0.4, -0.2) is 35.4 Å². The lowest BCUT2D eigenvalue weighted by Crippen LogP contribution is -2.52. The summed E-state index contributed by atoms with van der Waals surface area (Å²) in [6.07, 6.45) is 4.53. The van der Waals surface area contributed by atoms with E-state index in [4.69, 9.17) is 27.9 Å². The Kier molecular flexibility index (Phi) is 8.76. The zero-order chi connectivity index (χ0) is 23.1. The van der Waals surface area contributed by atoms with E-state index in [1.165, 1.54) is 29.2 Å². The fourth-order valence-corrected chi connectivity index (χ4v) is 4.35. The van der Waals surface area contributed by atoms with E-state index in [9.17, 15) is 14.0 Å². The molecule has 2 aromatic rings. The number of hydrogen-bond acceptors (Lipinski definition) is 3. The average Bonchev–Trinajstić information content (AvgIpc) is 3.27. The molecule has 5 nitrogen and oxygen atoms in total. The van der Waals surface area contributed by atoms with Gasteiger partial charge in [0.2, 0.25) is 5.91 Å². The maximum absolute atomic E-state index is 13.2. The Morgan fingerprint density at radius 2 is 1.84 bits per heavy atom. The number of carbonyl (C=O) groups is 2. The second-order valence-electron chi connectivity index (χ2n) is 7.91. The first kappa shape index (κ1) is 24.3. The minimum Gasteiger partial charge on any atom is -0.484 e. The van der Waals surface area contributed by atoms with E-state index in [2.05, 4.69) is 5.32 Å². The molecular formula is C24H27Cl2FN2O3. The van der Waals surface area contributed by atoms with E-state index in [0.29, 0.717) is 27.8 Å². The summed E-state index contributed by atoms with van der Waals surface area (Å²) in [7, 11) is 0. The molecule has 0 aromatic heterocycles. The van der Waals surface area contributed by atoms with E-state index in [1.807, 2.05) is 6.92 Å². The topological polar surface area (TPSA) is 58.6 Å². The predicted octanol–water partition coefficient (Wildman–Crippen LogP) is 5.38. The van der Waals surface area contributed by atoms with Crippen molar-refractivity contribution < 1.29 is 18.7 Å². The smallest absolute Gasteiger partial charge is 0.261 e. The van der Waals surface area contributed by atoms with Gasteiger partial charge >= 0.3 is 0 Å². The summed E-state index contributed by atoms with van der Waals surface area (Å²) in [6, 6.07) is 9.93. The van der Waals surface area contributed by atoms with E-state index in [-0.39, 0.29) is 31.0 Å². The van der Waals surface area contributed by atoms with Crippen LogP contribution in [0.15, 0.2) is 42.5 Å². The van der Waals surface area contributed by atoms with E-state index in [1.54, 1.807) is 18.2 Å². The minimum atomic E-state index is -0.674. The molecule has 3 rings (SSSR count). The summed E-state index contributed by atoms with van der Waals surface area (Å²) in [5, 5.41) is 3.99. The molecule has 1 saturated carbocycles. The number of carbonyl (C=O) groups excluding carboxylic acids is 2. The maximum atomic E-state index is 13.2. The highest BCUT2D eigenvalue weighted by Crippen LogP contribution is 2.24. The molecule has 0 saturated heterocycles. The molecule has 1 aliphatic carbocycles. The molecule has 1 aliphatic rings. The van der Waals surface area contributed by atoms with Crippen molar-refractivity contribution in [2.45, 2.75) is 57.7 Å². The van der Waals surface area contributed by atoms with Gasteiger partial charge in [-0.3, -0.25) is 9.59 Å². The molecule has 1 fully saturated rings. The van der Waals surface area contributed by atoms with Crippen LogP contribution in [0.25, 0.3) is 0 Å². The summed E-state index contributed by atoms with van der Waals surface area (Å²) in [4.78, 5) is 27.8. The van der Waals surface area contributed by atoms with Crippen molar-refractivity contribution in [3.05, 3.63) is 63.9 Å². The Morgan fingerprint density at radius 3 is 2.47 bits per heavy atom. The zero-order valence-electron chi connectivity index (χ0n) is 18.0. The van der Waals surface area contributed by atoms with Crippen LogP contribution >= 0.6 is 23.2 Å². The Morgan fingerprint density at radius 1 is 1.16 bits per heavy atom. The molecule has 0 spiro atoms. The normalized spacial score (nSPS) is 14.8. The van der Waals surface area contributed by atoms with Crippen LogP contribution in [0.4, 0.5) is 4.39 Å². The van der Waals surface area contributed by atoms with Crippen molar-refractivity contribution >= 4 is 35.0 Å². The van der Waals surface area contributed by atoms with Crippen LogP contribution in [-0.2, 0) is 16.1 Å². The lowest BCUT2D eigenvalue weighted by Gasteiger charge is -2.31. The third-order valence-corrected chi connectivity index (χ3v) is 6.21. The van der Waals surface area contributed by atoms with Crippen LogP contribution in [0.1, 0.15) is 44.6 Å². The molecule has 0 heterocycles. The van der Waals surface area contributed by atoms with Gasteiger partial charge in [-0.2, -0.15) is 0 Å². The number of rotatable bonds is 9. The van der Waals surface area contributed by atoms with Gasteiger partial charge in [0.15, 0.2) is 6.61 Å². The van der Waals surface area contributed by atoms with E-state index >= 15 is 0 Å². The summed E-state index contributed by atoms with van der Waals surface area (Å²) < 4.78 is 18.7. The SMILES string of the molecule is CC[C@@H](C(=O)NC1CCCC1)N(Cc1ccc(Cl)cc1Cl)C(=O)COc1ccc(F)cc1. The van der Waals surface area contributed by atoms with Gasteiger partial charge in [-0.1, -0.05) is 49.0 Å². The number of nitrogens with one attached hydrogen (secondary N) is 1. The van der Waals surface area contributed by atoms with Crippen molar-refractivity contribution in [3.63, 3.8) is 0 Å². The molecule has 0 radical (unpaired) electrons. The number of benzene rings is 2. The lowest BCUT2D eigenvalue weighted by molar-refractivity contribution is -0.143.